The fourth-order valence-corrected chi connectivity index (χ4v) is 9.78. The van der Waals surface area contributed by atoms with Gasteiger partial charge in [0.05, 0.1) is 50.1 Å². The van der Waals surface area contributed by atoms with Gasteiger partial charge in [-0.25, -0.2) is 19.6 Å². The molecule has 14 heteroatoms. The van der Waals surface area contributed by atoms with Gasteiger partial charge in [-0.15, -0.1) is 0 Å². The Morgan fingerprint density at radius 3 is 1.69 bits per heavy atom. The lowest BCUT2D eigenvalue weighted by atomic mass is 9.73. The summed E-state index contributed by atoms with van der Waals surface area (Å²) >= 11 is 0. The number of rotatable bonds is 11. The van der Waals surface area contributed by atoms with Gasteiger partial charge in [0, 0.05) is 18.7 Å². The molecule has 0 bridgehead atoms. The van der Waals surface area contributed by atoms with Crippen molar-refractivity contribution in [2.45, 2.75) is 103 Å². The van der Waals surface area contributed by atoms with Crippen LogP contribution in [-0.2, 0) is 25.5 Å². The summed E-state index contributed by atoms with van der Waals surface area (Å²) in [7, 11) is 2.60. The maximum absolute atomic E-state index is 13.8. The van der Waals surface area contributed by atoms with Gasteiger partial charge in [0.25, 0.3) is 0 Å². The Bertz CT molecular complexity index is 2210. The van der Waals surface area contributed by atoms with Gasteiger partial charge in [-0.05, 0) is 96.4 Å². The molecule has 4 amide bonds. The van der Waals surface area contributed by atoms with Crippen molar-refractivity contribution < 1.29 is 28.7 Å². The number of nitrogens with zero attached hydrogens (tertiary/aromatic N) is 4. The largest absolute Gasteiger partial charge is 0.453 e. The van der Waals surface area contributed by atoms with Crippen molar-refractivity contribution in [1.29, 1.82) is 0 Å². The second-order valence-electron chi connectivity index (χ2n) is 17.2. The first-order valence-corrected chi connectivity index (χ1v) is 21.1. The molecule has 2 saturated heterocycles. The molecule has 8 rings (SSSR count). The second-order valence-corrected chi connectivity index (χ2v) is 17.2. The second kappa shape index (κ2) is 16.5. The van der Waals surface area contributed by atoms with Crippen LogP contribution >= 0.6 is 0 Å². The molecule has 4 N–H and O–H groups in total. The van der Waals surface area contributed by atoms with Crippen molar-refractivity contribution in [2.75, 3.05) is 27.3 Å². The monoisotopic (exact) mass is 804 g/mol. The highest BCUT2D eigenvalue weighted by atomic mass is 16.5. The minimum Gasteiger partial charge on any atom is -0.453 e. The smallest absolute Gasteiger partial charge is 0.407 e. The summed E-state index contributed by atoms with van der Waals surface area (Å²) in [5.41, 5.74) is 9.27. The summed E-state index contributed by atoms with van der Waals surface area (Å²) in [6.07, 6.45) is 9.27. The number of amides is 4. The van der Waals surface area contributed by atoms with E-state index in [0.29, 0.717) is 24.9 Å². The molecular weight excluding hydrogens is 749 g/mol. The average Bonchev–Trinajstić information content (AvgIpc) is 4.08. The first-order chi connectivity index (χ1) is 28.5. The molecule has 6 unspecified atom stereocenters. The minimum absolute atomic E-state index is 0.101. The average molecular weight is 805 g/mol. The van der Waals surface area contributed by atoms with Crippen LogP contribution < -0.4 is 10.6 Å². The zero-order valence-corrected chi connectivity index (χ0v) is 34.8. The van der Waals surface area contributed by atoms with E-state index in [4.69, 9.17) is 19.4 Å². The SMILES string of the molecule is COC(=O)NC(C(=O)N1CCCC1c1ncc(-c2ccc(-c3ccc(-c4cnc(C5CCCN5C(=O)C(NC(=O)OC)C(C)C)[nH]4)c4c3C3CCC3C4)cc2)[nH]1)C(C)C. The molecule has 4 aromatic rings. The normalized spacial score (nSPS) is 21.8. The van der Waals surface area contributed by atoms with Crippen LogP contribution in [0, 0.1) is 17.8 Å². The molecule has 2 aromatic heterocycles. The van der Waals surface area contributed by atoms with Crippen molar-refractivity contribution in [3.8, 4) is 33.6 Å². The maximum atomic E-state index is 13.8. The van der Waals surface area contributed by atoms with Crippen LogP contribution in [-0.4, -0.2) is 93.1 Å². The number of H-pyrrole nitrogens is 2. The van der Waals surface area contributed by atoms with Gasteiger partial charge < -0.3 is 39.9 Å². The zero-order valence-electron chi connectivity index (χ0n) is 34.8. The number of aromatic nitrogens is 4. The number of likely N-dealkylation sites (tertiary alicyclic amines) is 2. The standard InChI is InChI=1S/C45H56N8O6/c1-24(2)38(50-44(56)58-5)42(54)52-19-7-9-35(52)40-46-22-33(48-40)27-13-11-26(12-14-27)29-17-18-31(32-21-28-15-16-30(28)37(29)32)34-23-47-41(49-34)36-10-8-20-53(36)43(55)39(25(3)4)51-45(57)59-6/h11-14,17-18,22-25,28,30,35-36,38-39H,7-10,15-16,19-21H2,1-6H3,(H,46,48)(H,47,49)(H,50,56)(H,51,57). The maximum Gasteiger partial charge on any atom is 0.407 e. The predicted molar refractivity (Wildman–Crippen MR) is 222 cm³/mol. The van der Waals surface area contributed by atoms with E-state index >= 15 is 0 Å². The van der Waals surface area contributed by atoms with Crippen molar-refractivity contribution in [3.05, 3.63) is 71.6 Å². The molecule has 14 nitrogen and oxygen atoms in total. The number of alkyl carbamates (subject to hydrolysis) is 2. The Morgan fingerprint density at radius 1 is 0.678 bits per heavy atom. The van der Waals surface area contributed by atoms with Crippen LogP contribution in [0.15, 0.2) is 48.8 Å². The number of benzene rings is 2. The first kappa shape index (κ1) is 40.1. The summed E-state index contributed by atoms with van der Waals surface area (Å²) in [5.74, 6) is 2.23. The first-order valence-electron chi connectivity index (χ1n) is 21.1. The lowest BCUT2D eigenvalue weighted by Crippen LogP contribution is -2.51. The van der Waals surface area contributed by atoms with Crippen molar-refractivity contribution in [1.82, 2.24) is 40.4 Å². The Morgan fingerprint density at radius 2 is 1.19 bits per heavy atom. The van der Waals surface area contributed by atoms with E-state index in [0.717, 1.165) is 60.7 Å². The van der Waals surface area contributed by atoms with Crippen LogP contribution in [0.2, 0.25) is 0 Å². The van der Waals surface area contributed by atoms with E-state index in [9.17, 15) is 19.2 Å². The molecule has 0 spiro atoms. The summed E-state index contributed by atoms with van der Waals surface area (Å²) in [6.45, 7) is 8.87. The molecule has 4 heterocycles. The Labute approximate surface area is 345 Å². The van der Waals surface area contributed by atoms with E-state index < -0.39 is 24.3 Å². The van der Waals surface area contributed by atoms with Crippen LogP contribution in [0.5, 0.6) is 0 Å². The number of carbonyl (C=O) groups excluding carboxylic acids is 4. The van der Waals surface area contributed by atoms with E-state index in [1.165, 1.54) is 54.9 Å². The number of imidazole rings is 2. The lowest BCUT2D eigenvalue weighted by Gasteiger charge is -2.31. The number of hydrogen-bond acceptors (Lipinski definition) is 8. The molecule has 0 radical (unpaired) electrons. The van der Waals surface area contributed by atoms with Crippen LogP contribution in [0.1, 0.15) is 107 Å². The molecule has 2 aliphatic carbocycles. The predicted octanol–water partition coefficient (Wildman–Crippen LogP) is 7.27. The van der Waals surface area contributed by atoms with Crippen LogP contribution in [0.25, 0.3) is 33.6 Å². The highest BCUT2D eigenvalue weighted by Gasteiger charge is 2.43. The number of hydrogen-bond donors (Lipinski definition) is 4. The fraction of sp³-hybridized carbons (Fsp3) is 0.511. The molecule has 59 heavy (non-hydrogen) atoms. The molecule has 1 saturated carbocycles. The number of ether oxygens (including phenoxy) is 2. The molecular formula is C45H56N8O6. The third-order valence-corrected chi connectivity index (χ3v) is 13.1. The van der Waals surface area contributed by atoms with Crippen molar-refractivity contribution in [2.24, 2.45) is 17.8 Å². The van der Waals surface area contributed by atoms with Gasteiger partial charge in [0.15, 0.2) is 0 Å². The highest BCUT2D eigenvalue weighted by Crippen LogP contribution is 2.56. The number of aromatic amines is 2. The number of carbonyl (C=O) groups is 4. The van der Waals surface area contributed by atoms with Crippen molar-refractivity contribution in [3.63, 3.8) is 0 Å². The fourth-order valence-electron chi connectivity index (χ4n) is 9.78. The van der Waals surface area contributed by atoms with Crippen LogP contribution in [0.4, 0.5) is 9.59 Å². The molecule has 312 valence electrons. The topological polar surface area (TPSA) is 175 Å². The molecule has 2 aliphatic heterocycles. The summed E-state index contributed by atoms with van der Waals surface area (Å²) in [5, 5.41) is 5.45. The van der Waals surface area contributed by atoms with Gasteiger partial charge >= 0.3 is 12.2 Å². The molecule has 3 fully saturated rings. The van der Waals surface area contributed by atoms with Gasteiger partial charge in [-0.3, -0.25) is 9.59 Å². The quantitative estimate of drug-likeness (QED) is 0.122. The summed E-state index contributed by atoms with van der Waals surface area (Å²) in [4.78, 5) is 71.9. The van der Waals surface area contributed by atoms with Gasteiger partial charge in [-0.1, -0.05) is 64.1 Å². The van der Waals surface area contributed by atoms with E-state index in [2.05, 4.69) is 57.0 Å². The lowest BCUT2D eigenvalue weighted by molar-refractivity contribution is -0.136. The van der Waals surface area contributed by atoms with E-state index in [-0.39, 0.29) is 35.7 Å². The van der Waals surface area contributed by atoms with E-state index in [1.807, 2.05) is 49.9 Å². The third kappa shape index (κ3) is 7.57. The Balaban J connectivity index is 1.01. The molecule has 4 aliphatic rings. The molecule has 6 atom stereocenters. The van der Waals surface area contributed by atoms with Gasteiger partial charge in [0.2, 0.25) is 11.8 Å². The van der Waals surface area contributed by atoms with Crippen molar-refractivity contribution >= 4 is 24.0 Å². The molecule has 2 aromatic carbocycles. The number of fused-ring (bicyclic) bond motifs is 3. The number of nitrogens with one attached hydrogen (secondary N) is 4. The van der Waals surface area contributed by atoms with Gasteiger partial charge in [-0.2, -0.15) is 0 Å². The number of methoxy groups -OCH3 is 2. The Kier molecular flexibility index (Phi) is 11.2. The Hall–Kier alpha value is -5.66. The zero-order chi connectivity index (χ0) is 41.5. The summed E-state index contributed by atoms with van der Waals surface area (Å²) < 4.78 is 9.59. The third-order valence-electron chi connectivity index (χ3n) is 13.1. The van der Waals surface area contributed by atoms with Crippen LogP contribution in [0.3, 0.4) is 0 Å². The summed E-state index contributed by atoms with van der Waals surface area (Å²) in [6, 6.07) is 11.3. The minimum atomic E-state index is -0.685. The van der Waals surface area contributed by atoms with Gasteiger partial charge in [0.1, 0.15) is 23.7 Å². The highest BCUT2D eigenvalue weighted by molar-refractivity contribution is 5.87. The van der Waals surface area contributed by atoms with E-state index in [1.54, 1.807) is 0 Å².